The van der Waals surface area contributed by atoms with Gasteiger partial charge >= 0.3 is 11.9 Å². The average molecular weight is 321 g/mol. The van der Waals surface area contributed by atoms with Gasteiger partial charge < -0.3 is 10.2 Å². The van der Waals surface area contributed by atoms with Crippen LogP contribution in [0.25, 0.3) is 22.6 Å². The van der Waals surface area contributed by atoms with E-state index in [9.17, 15) is 14.7 Å². The first kappa shape index (κ1) is 15.3. The van der Waals surface area contributed by atoms with E-state index in [4.69, 9.17) is 5.11 Å². The Kier molecular flexibility index (Phi) is 3.98. The summed E-state index contributed by atoms with van der Waals surface area (Å²) in [5.74, 6) is -2.35. The minimum absolute atomic E-state index is 0.124. The Morgan fingerprint density at radius 3 is 2.12 bits per heavy atom. The van der Waals surface area contributed by atoms with Crippen molar-refractivity contribution in [1.29, 1.82) is 0 Å². The molecule has 0 amide bonds. The topological polar surface area (TPSA) is 113 Å². The normalized spacial score (nSPS) is 10.3. The molecule has 0 spiro atoms. The van der Waals surface area contributed by atoms with Gasteiger partial charge in [-0.25, -0.2) is 19.6 Å². The van der Waals surface area contributed by atoms with Gasteiger partial charge in [-0.15, -0.1) is 0 Å². The molecule has 2 N–H and O–H groups in total. The van der Waals surface area contributed by atoms with Gasteiger partial charge in [-0.3, -0.25) is 4.98 Å². The zero-order valence-electron chi connectivity index (χ0n) is 12.2. The minimum atomic E-state index is -1.19. The summed E-state index contributed by atoms with van der Waals surface area (Å²) in [6.45, 7) is 0. The van der Waals surface area contributed by atoms with Crippen LogP contribution in [0.15, 0.2) is 54.7 Å². The number of rotatable bonds is 4. The Labute approximate surface area is 136 Å². The van der Waals surface area contributed by atoms with Crippen molar-refractivity contribution in [2.45, 2.75) is 0 Å². The van der Waals surface area contributed by atoms with Crippen molar-refractivity contribution >= 4 is 11.9 Å². The Balaban J connectivity index is 2.17. The van der Waals surface area contributed by atoms with Gasteiger partial charge in [0.2, 0.25) is 0 Å². The van der Waals surface area contributed by atoms with Crippen LogP contribution in [0.5, 0.6) is 0 Å². The molecule has 0 aliphatic heterocycles. The molecule has 24 heavy (non-hydrogen) atoms. The van der Waals surface area contributed by atoms with Crippen molar-refractivity contribution in [2.75, 3.05) is 0 Å². The number of carbonyl (C=O) groups is 2. The number of aromatic nitrogens is 3. The first-order valence-electron chi connectivity index (χ1n) is 6.92. The van der Waals surface area contributed by atoms with Gasteiger partial charge in [0, 0.05) is 11.8 Å². The zero-order valence-corrected chi connectivity index (χ0v) is 12.2. The third kappa shape index (κ3) is 3.09. The Morgan fingerprint density at radius 2 is 1.46 bits per heavy atom. The molecule has 3 aromatic rings. The van der Waals surface area contributed by atoms with Crippen molar-refractivity contribution in [1.82, 2.24) is 15.0 Å². The molecule has 0 atom stereocenters. The average Bonchev–Trinajstić information content (AvgIpc) is 2.62. The van der Waals surface area contributed by atoms with Crippen molar-refractivity contribution < 1.29 is 19.8 Å². The summed E-state index contributed by atoms with van der Waals surface area (Å²) < 4.78 is 0. The summed E-state index contributed by atoms with van der Waals surface area (Å²) >= 11 is 0. The Hall–Kier alpha value is -3.61. The summed E-state index contributed by atoms with van der Waals surface area (Å²) in [5, 5.41) is 18.3. The predicted octanol–water partition coefficient (Wildman–Crippen LogP) is 2.60. The lowest BCUT2D eigenvalue weighted by Gasteiger charge is -2.07. The van der Waals surface area contributed by atoms with Crippen molar-refractivity contribution in [2.24, 2.45) is 0 Å². The van der Waals surface area contributed by atoms with Crippen LogP contribution in [-0.4, -0.2) is 37.1 Å². The number of pyridine rings is 3. The lowest BCUT2D eigenvalue weighted by atomic mass is 10.1. The number of hydrogen-bond donors (Lipinski definition) is 2. The lowest BCUT2D eigenvalue weighted by molar-refractivity contribution is 0.0679. The maximum atomic E-state index is 11.3. The van der Waals surface area contributed by atoms with E-state index in [-0.39, 0.29) is 11.4 Å². The molecular weight excluding hydrogens is 310 g/mol. The fourth-order valence-corrected chi connectivity index (χ4v) is 2.15. The molecule has 3 rings (SSSR count). The highest BCUT2D eigenvalue weighted by atomic mass is 16.4. The highest BCUT2D eigenvalue weighted by molar-refractivity contribution is 5.89. The van der Waals surface area contributed by atoms with Crippen LogP contribution >= 0.6 is 0 Å². The second-order valence-electron chi connectivity index (χ2n) is 4.86. The van der Waals surface area contributed by atoms with Gasteiger partial charge in [0.1, 0.15) is 11.4 Å². The van der Waals surface area contributed by atoms with Crippen molar-refractivity contribution in [3.05, 3.63) is 66.1 Å². The second kappa shape index (κ2) is 6.25. The molecule has 0 radical (unpaired) electrons. The maximum Gasteiger partial charge on any atom is 0.354 e. The van der Waals surface area contributed by atoms with Gasteiger partial charge in [-0.2, -0.15) is 0 Å². The zero-order chi connectivity index (χ0) is 17.1. The van der Waals surface area contributed by atoms with Gasteiger partial charge in [0.25, 0.3) is 0 Å². The number of carboxylic acids is 2. The molecule has 118 valence electrons. The first-order chi connectivity index (χ1) is 11.5. The first-order valence-corrected chi connectivity index (χ1v) is 6.92. The quantitative estimate of drug-likeness (QED) is 0.759. The van der Waals surface area contributed by atoms with E-state index in [1.54, 1.807) is 42.6 Å². The summed E-state index contributed by atoms with van der Waals surface area (Å²) in [5.41, 5.74) is 1.38. The van der Waals surface area contributed by atoms with Crippen molar-refractivity contribution in [3.8, 4) is 22.6 Å². The largest absolute Gasteiger partial charge is 0.477 e. The van der Waals surface area contributed by atoms with Crippen LogP contribution in [-0.2, 0) is 0 Å². The van der Waals surface area contributed by atoms with Gasteiger partial charge in [0.15, 0.2) is 0 Å². The molecule has 0 fully saturated rings. The summed E-state index contributed by atoms with van der Waals surface area (Å²) in [7, 11) is 0. The number of carboxylic acid groups (broad SMARTS) is 2. The highest BCUT2D eigenvalue weighted by Gasteiger charge is 2.14. The molecule has 0 bridgehead atoms. The van der Waals surface area contributed by atoms with Crippen molar-refractivity contribution in [3.63, 3.8) is 0 Å². The number of hydrogen-bond acceptors (Lipinski definition) is 5. The van der Waals surface area contributed by atoms with E-state index in [2.05, 4.69) is 15.0 Å². The van der Waals surface area contributed by atoms with Crippen LogP contribution in [0, 0.1) is 0 Å². The molecule has 0 saturated carbocycles. The Bertz CT molecular complexity index is 926. The van der Waals surface area contributed by atoms with Gasteiger partial charge in [-0.1, -0.05) is 12.1 Å². The monoisotopic (exact) mass is 321 g/mol. The van der Waals surface area contributed by atoms with E-state index >= 15 is 0 Å². The summed E-state index contributed by atoms with van der Waals surface area (Å²) in [6, 6.07) is 12.7. The fourth-order valence-electron chi connectivity index (χ4n) is 2.15. The second-order valence-corrected chi connectivity index (χ2v) is 4.86. The molecule has 0 aliphatic rings. The molecule has 3 heterocycles. The van der Waals surface area contributed by atoms with E-state index < -0.39 is 11.9 Å². The third-order valence-electron chi connectivity index (χ3n) is 3.24. The lowest BCUT2D eigenvalue weighted by Crippen LogP contribution is -2.04. The maximum absolute atomic E-state index is 11.3. The van der Waals surface area contributed by atoms with Gasteiger partial charge in [-0.05, 0) is 36.4 Å². The SMILES string of the molecule is O=C(O)c1cccc(-c2cc(C(=O)O)nc(-c3ccccn3)c2)n1. The van der Waals surface area contributed by atoms with Gasteiger partial charge in [0.05, 0.1) is 17.1 Å². The fraction of sp³-hybridized carbons (Fsp3) is 0. The molecule has 7 nitrogen and oxygen atoms in total. The van der Waals surface area contributed by atoms with Crippen LogP contribution in [0.4, 0.5) is 0 Å². The molecule has 3 aromatic heterocycles. The van der Waals surface area contributed by atoms with E-state index in [1.165, 1.54) is 12.1 Å². The number of aromatic carboxylic acids is 2. The molecule has 0 aliphatic carbocycles. The minimum Gasteiger partial charge on any atom is -0.477 e. The highest BCUT2D eigenvalue weighted by Crippen LogP contribution is 2.24. The van der Waals surface area contributed by atoms with Crippen LogP contribution < -0.4 is 0 Å². The molecule has 0 aromatic carbocycles. The third-order valence-corrected chi connectivity index (χ3v) is 3.24. The summed E-state index contributed by atoms with van der Waals surface area (Å²) in [4.78, 5) is 34.7. The summed E-state index contributed by atoms with van der Waals surface area (Å²) in [6.07, 6.45) is 1.58. The van der Waals surface area contributed by atoms with E-state index in [1.807, 2.05) is 0 Å². The van der Waals surface area contributed by atoms with E-state index in [0.29, 0.717) is 22.6 Å². The van der Waals surface area contributed by atoms with E-state index in [0.717, 1.165) is 0 Å². The standard InChI is InChI=1S/C17H11N3O4/c21-16(22)13-6-3-5-11(19-13)10-8-14(12-4-1-2-7-18-12)20-15(9-10)17(23)24/h1-9H,(H,21,22)(H,23,24). The molecule has 7 heteroatoms. The molecule has 0 saturated heterocycles. The smallest absolute Gasteiger partial charge is 0.354 e. The van der Waals surface area contributed by atoms with Crippen LogP contribution in [0.2, 0.25) is 0 Å². The predicted molar refractivity (Wildman–Crippen MR) is 84.6 cm³/mol. The molecule has 0 unspecified atom stereocenters. The molecular formula is C17H11N3O4. The number of nitrogens with zero attached hydrogens (tertiary/aromatic N) is 3. The van der Waals surface area contributed by atoms with Crippen LogP contribution in [0.3, 0.4) is 0 Å². The van der Waals surface area contributed by atoms with Crippen LogP contribution in [0.1, 0.15) is 21.0 Å². The Morgan fingerprint density at radius 1 is 0.750 bits per heavy atom.